The van der Waals surface area contributed by atoms with Crippen molar-refractivity contribution in [3.8, 4) is 5.75 Å². The first-order chi connectivity index (χ1) is 8.49. The van der Waals surface area contributed by atoms with Crippen molar-refractivity contribution in [1.82, 2.24) is 4.90 Å². The van der Waals surface area contributed by atoms with Gasteiger partial charge in [-0.1, -0.05) is 12.1 Å². The highest BCUT2D eigenvalue weighted by molar-refractivity contribution is 5.97. The second kappa shape index (κ2) is 6.97. The van der Waals surface area contributed by atoms with Crippen LogP contribution in [-0.2, 0) is 4.79 Å². The average Bonchev–Trinajstić information content (AvgIpc) is 2.30. The highest BCUT2D eigenvalue weighted by atomic mass is 16.5. The third kappa shape index (κ3) is 5.15. The van der Waals surface area contributed by atoms with Crippen LogP contribution < -0.4 is 4.74 Å². The smallest absolute Gasteiger partial charge is 0.155 e. The molecule has 0 aliphatic heterocycles. The second-order valence-corrected chi connectivity index (χ2v) is 4.60. The number of likely N-dealkylation sites (N-methyl/N-ethyl adjacent to an activating group) is 1. The van der Waals surface area contributed by atoms with Gasteiger partial charge in [0.05, 0.1) is 0 Å². The first-order valence-corrected chi connectivity index (χ1v) is 6.06. The molecule has 0 unspecified atom stereocenters. The molecule has 0 saturated carbocycles. The number of carbonyl (C=O) groups excluding carboxylic acids is 1. The third-order valence-electron chi connectivity index (χ3n) is 2.63. The number of allylic oxidation sites excluding steroid dienone is 1. The minimum atomic E-state index is 0.0984. The summed E-state index contributed by atoms with van der Waals surface area (Å²) in [6.45, 7) is 4.97. The number of carbonyl (C=O) groups is 1. The molecule has 0 saturated heterocycles. The van der Waals surface area contributed by atoms with Crippen LogP contribution >= 0.6 is 0 Å². The Morgan fingerprint density at radius 1 is 1.22 bits per heavy atom. The molecule has 0 spiro atoms. The van der Waals surface area contributed by atoms with Gasteiger partial charge in [-0.3, -0.25) is 4.79 Å². The number of ether oxygens (including phenoxy) is 1. The molecule has 1 rings (SSSR count). The molecule has 1 aromatic carbocycles. The Balaban J connectivity index is 2.58. The zero-order valence-corrected chi connectivity index (χ0v) is 11.6. The normalized spacial score (nSPS) is 11.7. The zero-order valence-electron chi connectivity index (χ0n) is 11.6. The Morgan fingerprint density at radius 2 is 1.83 bits per heavy atom. The zero-order chi connectivity index (χ0) is 13.5. The molecule has 1 aromatic rings. The SMILES string of the molecule is CC(=O)/C(C)=C\c1ccc(OCCN(C)C)cc1. The fourth-order valence-corrected chi connectivity index (χ4v) is 1.36. The average molecular weight is 247 g/mol. The molecule has 0 bridgehead atoms. The van der Waals surface area contributed by atoms with Crippen molar-refractivity contribution >= 4 is 11.9 Å². The van der Waals surface area contributed by atoms with Crippen LogP contribution in [0.1, 0.15) is 19.4 Å². The first-order valence-electron chi connectivity index (χ1n) is 6.06. The first kappa shape index (κ1) is 14.5. The Hall–Kier alpha value is -1.61. The molecular weight excluding hydrogens is 226 g/mol. The Labute approximate surface area is 109 Å². The molecular formula is C15H21NO2. The topological polar surface area (TPSA) is 29.5 Å². The Morgan fingerprint density at radius 3 is 2.33 bits per heavy atom. The summed E-state index contributed by atoms with van der Waals surface area (Å²) >= 11 is 0. The van der Waals surface area contributed by atoms with Crippen LogP contribution in [0.5, 0.6) is 5.75 Å². The maximum Gasteiger partial charge on any atom is 0.155 e. The number of nitrogens with zero attached hydrogens (tertiary/aromatic N) is 1. The fraction of sp³-hybridized carbons (Fsp3) is 0.400. The standard InChI is InChI=1S/C15H21NO2/c1-12(13(2)17)11-14-5-7-15(8-6-14)18-10-9-16(3)4/h5-8,11H,9-10H2,1-4H3/b12-11-. The lowest BCUT2D eigenvalue weighted by molar-refractivity contribution is -0.113. The van der Waals surface area contributed by atoms with Gasteiger partial charge in [0.2, 0.25) is 0 Å². The highest BCUT2D eigenvalue weighted by Crippen LogP contribution is 2.14. The fourth-order valence-electron chi connectivity index (χ4n) is 1.36. The molecule has 0 N–H and O–H groups in total. The van der Waals surface area contributed by atoms with Gasteiger partial charge in [0, 0.05) is 6.54 Å². The molecule has 0 aliphatic rings. The lowest BCUT2D eigenvalue weighted by Crippen LogP contribution is -2.19. The molecule has 98 valence electrons. The van der Waals surface area contributed by atoms with Gasteiger partial charge in [-0.05, 0) is 57.3 Å². The van der Waals surface area contributed by atoms with E-state index in [1.807, 2.05) is 51.4 Å². The van der Waals surface area contributed by atoms with Gasteiger partial charge in [0.15, 0.2) is 5.78 Å². The minimum Gasteiger partial charge on any atom is -0.492 e. The van der Waals surface area contributed by atoms with Gasteiger partial charge in [-0.2, -0.15) is 0 Å². The maximum absolute atomic E-state index is 11.1. The van der Waals surface area contributed by atoms with Gasteiger partial charge < -0.3 is 9.64 Å². The summed E-state index contributed by atoms with van der Waals surface area (Å²) in [6, 6.07) is 7.76. The number of ketones is 1. The number of hydrogen-bond donors (Lipinski definition) is 0. The number of rotatable bonds is 6. The van der Waals surface area contributed by atoms with Crippen molar-refractivity contribution in [2.24, 2.45) is 0 Å². The summed E-state index contributed by atoms with van der Waals surface area (Å²) < 4.78 is 5.59. The highest BCUT2D eigenvalue weighted by Gasteiger charge is 1.98. The summed E-state index contributed by atoms with van der Waals surface area (Å²) in [7, 11) is 4.03. The number of Topliss-reactive ketones (excluding diaryl/α,β-unsaturated/α-hetero) is 1. The largest absolute Gasteiger partial charge is 0.492 e. The van der Waals surface area contributed by atoms with Crippen LogP contribution in [0, 0.1) is 0 Å². The van der Waals surface area contributed by atoms with Crippen LogP contribution in [0.25, 0.3) is 6.08 Å². The van der Waals surface area contributed by atoms with E-state index in [0.29, 0.717) is 6.61 Å². The molecule has 0 aromatic heterocycles. The summed E-state index contributed by atoms with van der Waals surface area (Å²) in [6.07, 6.45) is 1.88. The van der Waals surface area contributed by atoms with E-state index in [0.717, 1.165) is 23.4 Å². The molecule has 0 atom stereocenters. The van der Waals surface area contributed by atoms with Gasteiger partial charge >= 0.3 is 0 Å². The number of hydrogen-bond acceptors (Lipinski definition) is 3. The van der Waals surface area contributed by atoms with Crippen molar-refractivity contribution in [3.05, 3.63) is 35.4 Å². The van der Waals surface area contributed by atoms with Crippen LogP contribution in [0.4, 0.5) is 0 Å². The molecule has 3 heteroatoms. The van der Waals surface area contributed by atoms with Crippen molar-refractivity contribution in [2.45, 2.75) is 13.8 Å². The van der Waals surface area contributed by atoms with Gasteiger partial charge in [0.25, 0.3) is 0 Å². The van der Waals surface area contributed by atoms with Crippen molar-refractivity contribution in [2.75, 3.05) is 27.2 Å². The van der Waals surface area contributed by atoms with Crippen LogP contribution in [0.15, 0.2) is 29.8 Å². The van der Waals surface area contributed by atoms with Crippen molar-refractivity contribution < 1.29 is 9.53 Å². The molecule has 18 heavy (non-hydrogen) atoms. The van der Waals surface area contributed by atoms with Crippen molar-refractivity contribution in [1.29, 1.82) is 0 Å². The maximum atomic E-state index is 11.1. The van der Waals surface area contributed by atoms with Gasteiger partial charge in [-0.15, -0.1) is 0 Å². The van der Waals surface area contributed by atoms with E-state index in [1.165, 1.54) is 0 Å². The van der Waals surface area contributed by atoms with E-state index in [9.17, 15) is 4.79 Å². The van der Waals surface area contributed by atoms with Gasteiger partial charge in [-0.25, -0.2) is 0 Å². The predicted octanol–water partition coefficient (Wildman–Crippen LogP) is 2.62. The van der Waals surface area contributed by atoms with E-state index in [1.54, 1.807) is 6.92 Å². The van der Waals surface area contributed by atoms with Crippen LogP contribution in [0.3, 0.4) is 0 Å². The summed E-state index contributed by atoms with van der Waals surface area (Å²) in [5.41, 5.74) is 1.78. The second-order valence-electron chi connectivity index (χ2n) is 4.60. The quantitative estimate of drug-likeness (QED) is 0.724. The molecule has 0 heterocycles. The lowest BCUT2D eigenvalue weighted by Gasteiger charge is -2.11. The van der Waals surface area contributed by atoms with Gasteiger partial charge in [0.1, 0.15) is 12.4 Å². The predicted molar refractivity (Wildman–Crippen MR) is 74.8 cm³/mol. The van der Waals surface area contributed by atoms with E-state index >= 15 is 0 Å². The Bertz CT molecular complexity index is 419. The summed E-state index contributed by atoms with van der Waals surface area (Å²) in [5, 5.41) is 0. The summed E-state index contributed by atoms with van der Waals surface area (Å²) in [4.78, 5) is 13.2. The lowest BCUT2D eigenvalue weighted by atomic mass is 10.1. The molecule has 0 fully saturated rings. The van der Waals surface area contributed by atoms with Crippen LogP contribution in [0.2, 0.25) is 0 Å². The summed E-state index contributed by atoms with van der Waals surface area (Å²) in [5.74, 6) is 0.954. The van der Waals surface area contributed by atoms with E-state index in [4.69, 9.17) is 4.74 Å². The molecule has 0 amide bonds. The molecule has 3 nitrogen and oxygen atoms in total. The monoisotopic (exact) mass is 247 g/mol. The van der Waals surface area contributed by atoms with E-state index < -0.39 is 0 Å². The molecule has 0 aliphatic carbocycles. The number of benzene rings is 1. The van der Waals surface area contributed by atoms with E-state index in [2.05, 4.69) is 4.90 Å². The third-order valence-corrected chi connectivity index (χ3v) is 2.63. The van der Waals surface area contributed by atoms with Crippen molar-refractivity contribution in [3.63, 3.8) is 0 Å². The molecule has 0 radical (unpaired) electrons. The Kier molecular flexibility index (Phi) is 5.59. The minimum absolute atomic E-state index is 0.0984. The van der Waals surface area contributed by atoms with Crippen LogP contribution in [-0.4, -0.2) is 37.9 Å². The van der Waals surface area contributed by atoms with E-state index in [-0.39, 0.29) is 5.78 Å².